The van der Waals surface area contributed by atoms with E-state index in [1.807, 2.05) is 0 Å². The van der Waals surface area contributed by atoms with Crippen molar-refractivity contribution in [1.29, 1.82) is 0 Å². The number of methoxy groups -OCH3 is 2. The molecule has 0 spiro atoms. The van der Waals surface area contributed by atoms with Crippen molar-refractivity contribution >= 4 is 56.3 Å². The molecule has 0 bridgehead atoms. The molecule has 190 valence electrons. The second kappa shape index (κ2) is 13.0. The number of hydrogen-bond donors (Lipinski definition) is 2. The quantitative estimate of drug-likeness (QED) is 0.157. The summed E-state index contributed by atoms with van der Waals surface area (Å²) in [4.78, 5) is 42.4. The smallest absolute Gasteiger partial charge is 0.338 e. The number of alkyl halides is 1. The van der Waals surface area contributed by atoms with Crippen LogP contribution >= 0.6 is 11.6 Å². The van der Waals surface area contributed by atoms with Gasteiger partial charge in [0.2, 0.25) is 10.0 Å². The maximum atomic E-state index is 11.7. The summed E-state index contributed by atoms with van der Waals surface area (Å²) in [5.74, 6) is -1.52. The first kappa shape index (κ1) is 29.1. The molecule has 0 fully saturated rings. The zero-order valence-electron chi connectivity index (χ0n) is 18.4. The lowest BCUT2D eigenvalue weighted by atomic mass is 10.2. The minimum Gasteiger partial charge on any atom is -0.465 e. The molecule has 16 heteroatoms. The average molecular weight is 533 g/mol. The number of benzene rings is 2. The first-order valence-electron chi connectivity index (χ1n) is 9.41. The summed E-state index contributed by atoms with van der Waals surface area (Å²) < 4.78 is 34.5. The molecule has 0 saturated heterocycles. The summed E-state index contributed by atoms with van der Waals surface area (Å²) in [6.07, 6.45) is 0.232. The van der Waals surface area contributed by atoms with Gasteiger partial charge in [0.1, 0.15) is 0 Å². The van der Waals surface area contributed by atoms with Crippen LogP contribution in [-0.4, -0.2) is 56.1 Å². The third kappa shape index (κ3) is 9.42. The van der Waals surface area contributed by atoms with Crippen LogP contribution in [0.15, 0.2) is 36.4 Å². The second-order valence-corrected chi connectivity index (χ2v) is 8.76. The number of nitrogens with one attached hydrogen (secondary N) is 1. The lowest BCUT2D eigenvalue weighted by Crippen LogP contribution is -2.17. The van der Waals surface area contributed by atoms with Gasteiger partial charge in [-0.3, -0.25) is 25.0 Å². The molecule has 0 aliphatic heterocycles. The zero-order chi connectivity index (χ0) is 26.8. The number of nitrogens with two attached hydrogens (primary N) is 1. The number of carbonyl (C=O) groups excluding carboxylic acids is 2. The van der Waals surface area contributed by atoms with E-state index in [-0.39, 0.29) is 46.2 Å². The van der Waals surface area contributed by atoms with Crippen LogP contribution in [-0.2, 0) is 19.5 Å². The SMILES string of the molecule is COC(=O)c1cc(N)cc([N+](=O)[O-])c1.COC(=O)c1cc(NS(=O)(=O)CCCCl)cc([N+](=O)[O-])c1. The normalized spacial score (nSPS) is 10.4. The van der Waals surface area contributed by atoms with Gasteiger partial charge in [-0.2, -0.15) is 0 Å². The summed E-state index contributed by atoms with van der Waals surface area (Å²) in [5, 5.41) is 21.2. The number of rotatable bonds is 9. The van der Waals surface area contributed by atoms with E-state index in [9.17, 15) is 38.2 Å². The van der Waals surface area contributed by atoms with Crippen molar-refractivity contribution in [2.75, 3.05) is 36.3 Å². The number of nitro groups is 2. The Morgan fingerprint density at radius 3 is 1.89 bits per heavy atom. The number of esters is 2. The van der Waals surface area contributed by atoms with Crippen LogP contribution in [0.3, 0.4) is 0 Å². The summed E-state index contributed by atoms with van der Waals surface area (Å²) >= 11 is 5.42. The van der Waals surface area contributed by atoms with Crippen molar-refractivity contribution in [3.8, 4) is 0 Å². The maximum absolute atomic E-state index is 11.7. The summed E-state index contributed by atoms with van der Waals surface area (Å²) in [7, 11) is -1.39. The van der Waals surface area contributed by atoms with Crippen molar-refractivity contribution in [2.45, 2.75) is 6.42 Å². The van der Waals surface area contributed by atoms with Crippen LogP contribution in [0.4, 0.5) is 22.7 Å². The topological polar surface area (TPSA) is 211 Å². The highest BCUT2D eigenvalue weighted by molar-refractivity contribution is 7.92. The predicted molar refractivity (Wildman–Crippen MR) is 126 cm³/mol. The molecule has 0 saturated carbocycles. The number of anilines is 2. The average Bonchev–Trinajstić information content (AvgIpc) is 2.81. The molecule has 0 unspecified atom stereocenters. The van der Waals surface area contributed by atoms with E-state index < -0.39 is 37.5 Å². The van der Waals surface area contributed by atoms with E-state index in [0.717, 1.165) is 31.4 Å². The van der Waals surface area contributed by atoms with Gasteiger partial charge >= 0.3 is 11.9 Å². The number of nitrogen functional groups attached to an aromatic ring is 1. The molecule has 0 radical (unpaired) electrons. The number of non-ortho nitro benzene ring substituents is 2. The third-order valence-corrected chi connectivity index (χ3v) is 5.58. The molecule has 2 aromatic rings. The predicted octanol–water partition coefficient (Wildman–Crippen LogP) is 2.72. The van der Waals surface area contributed by atoms with Gasteiger partial charge in [-0.1, -0.05) is 0 Å². The number of ether oxygens (including phenoxy) is 2. The molecule has 0 aliphatic rings. The summed E-state index contributed by atoms with van der Waals surface area (Å²) in [6, 6.07) is 6.79. The van der Waals surface area contributed by atoms with E-state index in [0.29, 0.717) is 0 Å². The number of carbonyl (C=O) groups is 2. The first-order valence-corrected chi connectivity index (χ1v) is 11.6. The van der Waals surface area contributed by atoms with Gasteiger partial charge in [-0.25, -0.2) is 18.0 Å². The monoisotopic (exact) mass is 532 g/mol. The van der Waals surface area contributed by atoms with Gasteiger partial charge in [-0.15, -0.1) is 11.6 Å². The molecular weight excluding hydrogens is 512 g/mol. The molecule has 0 aliphatic carbocycles. The molecule has 2 rings (SSSR count). The third-order valence-electron chi connectivity index (χ3n) is 3.94. The fraction of sp³-hybridized carbons (Fsp3) is 0.263. The van der Waals surface area contributed by atoms with Gasteiger partial charge in [0.25, 0.3) is 11.4 Å². The van der Waals surface area contributed by atoms with E-state index in [4.69, 9.17) is 17.3 Å². The Morgan fingerprint density at radius 2 is 1.43 bits per heavy atom. The highest BCUT2D eigenvalue weighted by Crippen LogP contribution is 2.23. The Bertz CT molecular complexity index is 1220. The Hall–Kier alpha value is -3.98. The number of hydrogen-bond acceptors (Lipinski definition) is 11. The minimum atomic E-state index is -3.70. The van der Waals surface area contributed by atoms with Crippen molar-refractivity contribution in [3.63, 3.8) is 0 Å². The molecule has 0 atom stereocenters. The molecule has 0 heterocycles. The molecule has 3 N–H and O–H groups in total. The highest BCUT2D eigenvalue weighted by Gasteiger charge is 2.18. The molecule has 35 heavy (non-hydrogen) atoms. The standard InChI is InChI=1S/C11H13ClN2O6S.C8H8N2O4/c1-20-11(15)8-5-9(7-10(6-8)14(16)17)13-21(18,19)4-2-3-12;1-14-8(11)5-2-6(9)4-7(3-5)10(12)13/h5-7,13H,2-4H2,1H3;2-4H,9H2,1H3. The summed E-state index contributed by atoms with van der Waals surface area (Å²) in [5.41, 5.74) is 4.74. The van der Waals surface area contributed by atoms with Gasteiger partial charge in [0, 0.05) is 35.8 Å². The Balaban J connectivity index is 0.000000379. The van der Waals surface area contributed by atoms with Crippen molar-refractivity contribution in [3.05, 3.63) is 67.8 Å². The highest BCUT2D eigenvalue weighted by atomic mass is 35.5. The van der Waals surface area contributed by atoms with Crippen molar-refractivity contribution < 1.29 is 37.3 Å². The zero-order valence-corrected chi connectivity index (χ0v) is 20.0. The Labute approximate surface area is 204 Å². The first-order chi connectivity index (χ1) is 16.3. The fourth-order valence-corrected chi connectivity index (χ4v) is 3.86. The van der Waals surface area contributed by atoms with Gasteiger partial charge in [0.15, 0.2) is 0 Å². The molecule has 0 amide bonds. The fourth-order valence-electron chi connectivity index (χ4n) is 2.46. The lowest BCUT2D eigenvalue weighted by molar-refractivity contribution is -0.385. The van der Waals surface area contributed by atoms with Gasteiger partial charge in [0.05, 0.1) is 46.6 Å². The van der Waals surface area contributed by atoms with Crippen LogP contribution in [0.25, 0.3) is 0 Å². The molecule has 0 aromatic heterocycles. The van der Waals surface area contributed by atoms with Crippen molar-refractivity contribution in [1.82, 2.24) is 0 Å². The largest absolute Gasteiger partial charge is 0.465 e. The Morgan fingerprint density at radius 1 is 0.943 bits per heavy atom. The van der Waals surface area contributed by atoms with E-state index in [1.54, 1.807) is 0 Å². The van der Waals surface area contributed by atoms with E-state index in [2.05, 4.69) is 14.2 Å². The van der Waals surface area contributed by atoms with Crippen LogP contribution in [0, 0.1) is 20.2 Å². The van der Waals surface area contributed by atoms with Gasteiger partial charge < -0.3 is 15.2 Å². The van der Waals surface area contributed by atoms with Crippen LogP contribution in [0.1, 0.15) is 27.1 Å². The van der Waals surface area contributed by atoms with E-state index >= 15 is 0 Å². The minimum absolute atomic E-state index is 0.0687. The van der Waals surface area contributed by atoms with E-state index in [1.165, 1.54) is 19.2 Å². The second-order valence-electron chi connectivity index (χ2n) is 6.54. The summed E-state index contributed by atoms with van der Waals surface area (Å²) in [6.45, 7) is 0. The maximum Gasteiger partial charge on any atom is 0.338 e. The molecular formula is C19H21ClN4O10S. The lowest BCUT2D eigenvalue weighted by Gasteiger charge is -2.08. The van der Waals surface area contributed by atoms with Crippen molar-refractivity contribution in [2.24, 2.45) is 0 Å². The van der Waals surface area contributed by atoms with Crippen LogP contribution in [0.2, 0.25) is 0 Å². The number of nitro benzene ring substituents is 2. The molecule has 2 aromatic carbocycles. The number of sulfonamides is 1. The van der Waals surface area contributed by atoms with Gasteiger partial charge in [-0.05, 0) is 18.6 Å². The number of nitrogens with zero attached hydrogens (tertiary/aromatic N) is 2. The molecule has 14 nitrogen and oxygen atoms in total. The van der Waals surface area contributed by atoms with Crippen LogP contribution in [0.5, 0.6) is 0 Å². The number of halogens is 1. The van der Waals surface area contributed by atoms with Crippen LogP contribution < -0.4 is 10.5 Å². The Kier molecular flexibility index (Phi) is 10.8.